The van der Waals surface area contributed by atoms with E-state index in [2.05, 4.69) is 20.9 Å². The van der Waals surface area contributed by atoms with Gasteiger partial charge in [-0.05, 0) is 32.4 Å². The van der Waals surface area contributed by atoms with Crippen molar-refractivity contribution in [2.24, 2.45) is 4.99 Å². The molecule has 1 unspecified atom stereocenters. The van der Waals surface area contributed by atoms with Gasteiger partial charge in [0.25, 0.3) is 0 Å². The van der Waals surface area contributed by atoms with Crippen LogP contribution in [0.15, 0.2) is 29.3 Å². The van der Waals surface area contributed by atoms with Gasteiger partial charge in [-0.25, -0.2) is 9.38 Å². The monoisotopic (exact) mass is 466 g/mol. The molecule has 0 radical (unpaired) electrons. The van der Waals surface area contributed by atoms with Crippen LogP contribution in [0.4, 0.5) is 4.39 Å². The Bertz CT molecular complexity index is 543. The smallest absolute Gasteiger partial charge is 0.241 e. The first-order chi connectivity index (χ1) is 11.5. The van der Waals surface area contributed by atoms with Gasteiger partial charge >= 0.3 is 0 Å². The molecule has 0 fully saturated rings. The van der Waals surface area contributed by atoms with Gasteiger partial charge in [0.15, 0.2) is 5.96 Å². The van der Waals surface area contributed by atoms with Crippen LogP contribution in [-0.2, 0) is 4.79 Å². The number of nitrogens with one attached hydrogen (secondary N) is 3. The van der Waals surface area contributed by atoms with E-state index in [0.29, 0.717) is 31.3 Å². The van der Waals surface area contributed by atoms with Gasteiger partial charge in [-0.3, -0.25) is 4.79 Å². The largest absolute Gasteiger partial charge is 0.489 e. The van der Waals surface area contributed by atoms with Crippen LogP contribution in [0, 0.1) is 5.82 Å². The maximum absolute atomic E-state index is 13.1. The molecule has 0 bridgehead atoms. The van der Waals surface area contributed by atoms with Gasteiger partial charge in [-0.1, -0.05) is 13.0 Å². The second kappa shape index (κ2) is 13.7. The second-order valence-corrected chi connectivity index (χ2v) is 5.31. The van der Waals surface area contributed by atoms with Crippen LogP contribution >= 0.6 is 24.0 Å². The Hall–Kier alpha value is -1.58. The predicted molar refractivity (Wildman–Crippen MR) is 109 cm³/mol. The third kappa shape index (κ3) is 10.8. The highest BCUT2D eigenvalue weighted by Gasteiger charge is 2.07. The van der Waals surface area contributed by atoms with E-state index in [1.54, 1.807) is 12.1 Å². The normalized spacial score (nSPS) is 11.9. The Kier molecular flexibility index (Phi) is 12.8. The summed E-state index contributed by atoms with van der Waals surface area (Å²) in [5.74, 6) is 0.572. The number of guanidine groups is 1. The van der Waals surface area contributed by atoms with E-state index < -0.39 is 0 Å². The number of nitrogens with zero attached hydrogens (tertiary/aromatic N) is 1. The molecule has 142 valence electrons. The number of amides is 1. The van der Waals surface area contributed by atoms with E-state index in [-0.39, 0.29) is 48.3 Å². The number of hydrogen-bond acceptors (Lipinski definition) is 3. The number of hydrogen-bond donors (Lipinski definition) is 3. The molecule has 1 atom stereocenters. The summed E-state index contributed by atoms with van der Waals surface area (Å²) in [5, 5.41) is 8.94. The first-order valence-electron chi connectivity index (χ1n) is 8.26. The maximum atomic E-state index is 13.1. The molecule has 1 aromatic rings. The Morgan fingerprint density at radius 2 is 2.04 bits per heavy atom. The first kappa shape index (κ1) is 23.4. The Balaban J connectivity index is 0.00000576. The minimum Gasteiger partial charge on any atom is -0.489 e. The Morgan fingerprint density at radius 1 is 1.28 bits per heavy atom. The van der Waals surface area contributed by atoms with Gasteiger partial charge in [0, 0.05) is 19.2 Å². The quantitative estimate of drug-likeness (QED) is 0.297. The summed E-state index contributed by atoms with van der Waals surface area (Å²) >= 11 is 0. The van der Waals surface area contributed by atoms with Crippen LogP contribution in [-0.4, -0.2) is 44.1 Å². The highest BCUT2D eigenvalue weighted by Crippen LogP contribution is 2.13. The van der Waals surface area contributed by atoms with Gasteiger partial charge in [0.2, 0.25) is 5.91 Å². The summed E-state index contributed by atoms with van der Waals surface area (Å²) in [7, 11) is 0. The van der Waals surface area contributed by atoms with Crippen molar-refractivity contribution in [1.82, 2.24) is 16.0 Å². The minimum absolute atomic E-state index is 0. The molecule has 0 aliphatic carbocycles. The molecule has 0 aromatic heterocycles. The highest BCUT2D eigenvalue weighted by molar-refractivity contribution is 14.0. The number of carbonyl (C=O) groups excluding carboxylic acids is 1. The van der Waals surface area contributed by atoms with Crippen molar-refractivity contribution in [3.05, 3.63) is 30.1 Å². The summed E-state index contributed by atoms with van der Waals surface area (Å²) in [5.41, 5.74) is 0. The van der Waals surface area contributed by atoms with Gasteiger partial charge < -0.3 is 20.7 Å². The van der Waals surface area contributed by atoms with Gasteiger partial charge in [-0.2, -0.15) is 0 Å². The number of aliphatic imine (C=N–C) groups is 1. The van der Waals surface area contributed by atoms with Crippen LogP contribution in [0.3, 0.4) is 0 Å². The van der Waals surface area contributed by atoms with E-state index in [1.807, 2.05) is 20.8 Å². The second-order valence-electron chi connectivity index (χ2n) is 5.31. The van der Waals surface area contributed by atoms with Crippen molar-refractivity contribution in [3.8, 4) is 5.75 Å². The molecule has 0 aliphatic rings. The summed E-state index contributed by atoms with van der Waals surface area (Å²) in [6, 6.07) is 6.02. The van der Waals surface area contributed by atoms with Crippen LogP contribution < -0.4 is 20.7 Å². The molecule has 0 saturated carbocycles. The Labute approximate surface area is 166 Å². The lowest BCUT2D eigenvalue weighted by Gasteiger charge is -2.17. The van der Waals surface area contributed by atoms with Gasteiger partial charge in [0.05, 0.1) is 6.54 Å². The Morgan fingerprint density at radius 3 is 2.68 bits per heavy atom. The molecule has 1 amide bonds. The number of rotatable bonds is 9. The molecule has 6 nitrogen and oxygen atoms in total. The fourth-order valence-electron chi connectivity index (χ4n) is 1.87. The molecule has 8 heteroatoms. The first-order valence-corrected chi connectivity index (χ1v) is 8.26. The van der Waals surface area contributed by atoms with Crippen LogP contribution in [0.2, 0.25) is 0 Å². The standard InChI is InChI=1S/C17H27FN4O2.HI/c1-4-9-20-16(23)12-22-17(19-5-2)21-11-13(3)24-15-8-6-7-14(18)10-15;/h6-8,10,13H,4-5,9,11-12H2,1-3H3,(H,20,23)(H2,19,21,22);1H. The van der Waals surface area contributed by atoms with Crippen molar-refractivity contribution >= 4 is 35.8 Å². The number of carbonyl (C=O) groups is 1. The lowest BCUT2D eigenvalue weighted by atomic mass is 10.3. The zero-order valence-electron chi connectivity index (χ0n) is 15.0. The molecule has 1 aromatic carbocycles. The lowest BCUT2D eigenvalue weighted by Crippen LogP contribution is -2.42. The van der Waals surface area contributed by atoms with Crippen LogP contribution in [0.25, 0.3) is 0 Å². The van der Waals surface area contributed by atoms with E-state index in [0.717, 1.165) is 6.42 Å². The van der Waals surface area contributed by atoms with Crippen molar-refractivity contribution in [2.75, 3.05) is 26.2 Å². The fourth-order valence-corrected chi connectivity index (χ4v) is 1.87. The molecule has 0 heterocycles. The molecular weight excluding hydrogens is 438 g/mol. The molecule has 0 saturated heterocycles. The topological polar surface area (TPSA) is 74.8 Å². The third-order valence-electron chi connectivity index (χ3n) is 2.99. The average Bonchev–Trinajstić information content (AvgIpc) is 2.55. The average molecular weight is 466 g/mol. The van der Waals surface area contributed by atoms with E-state index >= 15 is 0 Å². The predicted octanol–water partition coefficient (Wildman–Crippen LogP) is 2.29. The minimum atomic E-state index is -0.333. The summed E-state index contributed by atoms with van der Waals surface area (Å²) in [6.07, 6.45) is 0.701. The van der Waals surface area contributed by atoms with E-state index in [9.17, 15) is 9.18 Å². The molecule has 3 N–H and O–H groups in total. The number of halogens is 2. The third-order valence-corrected chi connectivity index (χ3v) is 2.99. The fraction of sp³-hybridized carbons (Fsp3) is 0.529. The maximum Gasteiger partial charge on any atom is 0.241 e. The van der Waals surface area contributed by atoms with Crippen LogP contribution in [0.5, 0.6) is 5.75 Å². The van der Waals surface area contributed by atoms with Crippen molar-refractivity contribution in [2.45, 2.75) is 33.3 Å². The van der Waals surface area contributed by atoms with Crippen LogP contribution in [0.1, 0.15) is 27.2 Å². The van der Waals surface area contributed by atoms with E-state index in [4.69, 9.17) is 4.74 Å². The van der Waals surface area contributed by atoms with Crippen molar-refractivity contribution in [3.63, 3.8) is 0 Å². The van der Waals surface area contributed by atoms with Gasteiger partial charge in [0.1, 0.15) is 24.2 Å². The SMILES string of the molecule is CCCNC(=O)CN=C(NCC)NCC(C)Oc1cccc(F)c1.I. The molecular formula is C17H28FIN4O2. The molecule has 1 rings (SSSR count). The highest BCUT2D eigenvalue weighted by atomic mass is 127. The number of ether oxygens (including phenoxy) is 1. The summed E-state index contributed by atoms with van der Waals surface area (Å²) in [6.45, 7) is 7.68. The zero-order chi connectivity index (χ0) is 17.8. The molecule has 25 heavy (non-hydrogen) atoms. The van der Waals surface area contributed by atoms with Crippen molar-refractivity contribution in [1.29, 1.82) is 0 Å². The molecule has 0 aliphatic heterocycles. The zero-order valence-corrected chi connectivity index (χ0v) is 17.3. The number of benzene rings is 1. The molecule has 0 spiro atoms. The summed E-state index contributed by atoms with van der Waals surface area (Å²) in [4.78, 5) is 15.8. The van der Waals surface area contributed by atoms with Gasteiger partial charge in [-0.15, -0.1) is 24.0 Å². The lowest BCUT2D eigenvalue weighted by molar-refractivity contribution is -0.119. The van der Waals surface area contributed by atoms with Crippen molar-refractivity contribution < 1.29 is 13.9 Å². The summed E-state index contributed by atoms with van der Waals surface area (Å²) < 4.78 is 18.8. The van der Waals surface area contributed by atoms with E-state index in [1.165, 1.54) is 12.1 Å².